The van der Waals surface area contributed by atoms with E-state index in [1.54, 1.807) is 11.3 Å². The van der Waals surface area contributed by atoms with Gasteiger partial charge >= 0.3 is 0 Å². The minimum Gasteiger partial charge on any atom is -0.368 e. The Morgan fingerprint density at radius 3 is 2.53 bits per heavy atom. The standard InChI is InChI=1S/C26H27N5OS2/c1-20-7-5-10-22(17-20)29-12-14-30(15-13-29)24(32)19-34-26-28-27-25(23-11-6-16-33-23)31(26)18-21-8-3-2-4-9-21/h2-11,16-17H,12-15,18-19H2,1H3. The summed E-state index contributed by atoms with van der Waals surface area (Å²) in [5.74, 6) is 1.36. The van der Waals surface area contributed by atoms with Crippen LogP contribution in [-0.4, -0.2) is 57.5 Å². The number of thioether (sulfide) groups is 1. The molecule has 1 aliphatic heterocycles. The first-order valence-electron chi connectivity index (χ1n) is 11.4. The molecule has 0 atom stereocenters. The van der Waals surface area contributed by atoms with E-state index < -0.39 is 0 Å². The van der Waals surface area contributed by atoms with Crippen LogP contribution in [0.15, 0.2) is 77.3 Å². The lowest BCUT2D eigenvalue weighted by Gasteiger charge is -2.36. The maximum Gasteiger partial charge on any atom is 0.233 e. The van der Waals surface area contributed by atoms with Crippen molar-refractivity contribution < 1.29 is 4.79 Å². The Hall–Kier alpha value is -3.10. The van der Waals surface area contributed by atoms with E-state index in [4.69, 9.17) is 0 Å². The lowest BCUT2D eigenvalue weighted by atomic mass is 10.2. The predicted molar refractivity (Wildman–Crippen MR) is 140 cm³/mol. The highest BCUT2D eigenvalue weighted by molar-refractivity contribution is 7.99. The van der Waals surface area contributed by atoms with Crippen LogP contribution in [0.25, 0.3) is 10.7 Å². The number of amides is 1. The second kappa shape index (κ2) is 10.4. The summed E-state index contributed by atoms with van der Waals surface area (Å²) in [6.45, 7) is 5.97. The fraction of sp³-hybridized carbons (Fsp3) is 0.269. The van der Waals surface area contributed by atoms with Gasteiger partial charge in [-0.3, -0.25) is 9.36 Å². The highest BCUT2D eigenvalue weighted by Gasteiger charge is 2.23. The van der Waals surface area contributed by atoms with Crippen molar-refractivity contribution in [3.05, 3.63) is 83.2 Å². The molecule has 1 aliphatic rings. The van der Waals surface area contributed by atoms with Gasteiger partial charge in [-0.25, -0.2) is 0 Å². The van der Waals surface area contributed by atoms with Crippen LogP contribution in [0.1, 0.15) is 11.1 Å². The van der Waals surface area contributed by atoms with E-state index in [1.807, 2.05) is 34.5 Å². The highest BCUT2D eigenvalue weighted by atomic mass is 32.2. The number of piperazine rings is 1. The molecule has 4 aromatic rings. The molecule has 0 saturated carbocycles. The second-order valence-electron chi connectivity index (χ2n) is 8.35. The number of benzene rings is 2. The zero-order chi connectivity index (χ0) is 23.3. The third-order valence-electron chi connectivity index (χ3n) is 5.97. The van der Waals surface area contributed by atoms with Crippen LogP contribution in [0.2, 0.25) is 0 Å². The summed E-state index contributed by atoms with van der Waals surface area (Å²) < 4.78 is 2.12. The normalized spacial score (nSPS) is 13.9. The van der Waals surface area contributed by atoms with Gasteiger partial charge in [-0.2, -0.15) is 0 Å². The van der Waals surface area contributed by atoms with E-state index >= 15 is 0 Å². The Bertz CT molecular complexity index is 1230. The third kappa shape index (κ3) is 5.18. The van der Waals surface area contributed by atoms with E-state index in [0.29, 0.717) is 12.3 Å². The van der Waals surface area contributed by atoms with Crippen molar-refractivity contribution in [2.75, 3.05) is 36.8 Å². The molecule has 174 valence electrons. The predicted octanol–water partition coefficient (Wildman–Crippen LogP) is 4.80. The van der Waals surface area contributed by atoms with Gasteiger partial charge in [0.05, 0.1) is 17.2 Å². The minimum absolute atomic E-state index is 0.154. The zero-order valence-electron chi connectivity index (χ0n) is 19.1. The molecule has 5 rings (SSSR count). The first-order valence-corrected chi connectivity index (χ1v) is 13.3. The van der Waals surface area contributed by atoms with Crippen molar-refractivity contribution in [3.8, 4) is 10.7 Å². The Balaban J connectivity index is 1.24. The lowest BCUT2D eigenvalue weighted by Crippen LogP contribution is -2.49. The molecule has 8 heteroatoms. The molecule has 2 aromatic carbocycles. The molecular formula is C26H27N5OS2. The fourth-order valence-corrected chi connectivity index (χ4v) is 5.71. The van der Waals surface area contributed by atoms with Crippen LogP contribution in [0.5, 0.6) is 0 Å². The molecule has 3 heterocycles. The molecule has 0 N–H and O–H groups in total. The van der Waals surface area contributed by atoms with Crippen LogP contribution in [0, 0.1) is 6.92 Å². The SMILES string of the molecule is Cc1cccc(N2CCN(C(=O)CSc3nnc(-c4cccs4)n3Cc3ccccc3)CC2)c1. The number of hydrogen-bond donors (Lipinski definition) is 0. The van der Waals surface area contributed by atoms with Gasteiger partial charge in [-0.1, -0.05) is 60.3 Å². The summed E-state index contributed by atoms with van der Waals surface area (Å²) >= 11 is 3.12. The monoisotopic (exact) mass is 489 g/mol. The zero-order valence-corrected chi connectivity index (χ0v) is 20.8. The highest BCUT2D eigenvalue weighted by Crippen LogP contribution is 2.28. The molecule has 0 aliphatic carbocycles. The largest absolute Gasteiger partial charge is 0.368 e. The van der Waals surface area contributed by atoms with Crippen molar-refractivity contribution in [3.63, 3.8) is 0 Å². The van der Waals surface area contributed by atoms with Gasteiger partial charge in [0, 0.05) is 31.9 Å². The van der Waals surface area contributed by atoms with Crippen LogP contribution < -0.4 is 4.90 Å². The van der Waals surface area contributed by atoms with E-state index in [9.17, 15) is 4.79 Å². The van der Waals surface area contributed by atoms with Crippen molar-refractivity contribution in [2.24, 2.45) is 0 Å². The summed E-state index contributed by atoms with van der Waals surface area (Å²) in [4.78, 5) is 18.4. The van der Waals surface area contributed by atoms with Gasteiger partial charge in [0.1, 0.15) is 0 Å². The molecule has 1 amide bonds. The number of carbonyl (C=O) groups excluding carboxylic acids is 1. The van der Waals surface area contributed by atoms with E-state index in [2.05, 4.69) is 69.1 Å². The van der Waals surface area contributed by atoms with Crippen molar-refractivity contribution in [1.82, 2.24) is 19.7 Å². The van der Waals surface area contributed by atoms with Crippen LogP contribution >= 0.6 is 23.1 Å². The summed E-state index contributed by atoms with van der Waals surface area (Å²) in [5.41, 5.74) is 3.67. The Morgan fingerprint density at radius 2 is 1.79 bits per heavy atom. The van der Waals surface area contributed by atoms with E-state index in [1.165, 1.54) is 28.6 Å². The molecule has 6 nitrogen and oxygen atoms in total. The van der Waals surface area contributed by atoms with Gasteiger partial charge in [-0.05, 0) is 41.6 Å². The molecule has 34 heavy (non-hydrogen) atoms. The summed E-state index contributed by atoms with van der Waals surface area (Å²) in [6.07, 6.45) is 0. The number of aromatic nitrogens is 3. The van der Waals surface area contributed by atoms with Gasteiger partial charge in [0.25, 0.3) is 0 Å². The minimum atomic E-state index is 0.154. The summed E-state index contributed by atoms with van der Waals surface area (Å²) in [5, 5.41) is 11.7. The van der Waals surface area contributed by atoms with Crippen LogP contribution in [0.4, 0.5) is 5.69 Å². The first kappa shape index (κ1) is 22.7. The van der Waals surface area contributed by atoms with E-state index in [-0.39, 0.29) is 5.91 Å². The number of hydrogen-bond acceptors (Lipinski definition) is 6. The Morgan fingerprint density at radius 1 is 0.971 bits per heavy atom. The molecule has 1 saturated heterocycles. The topological polar surface area (TPSA) is 54.3 Å². The second-order valence-corrected chi connectivity index (χ2v) is 10.2. The molecule has 0 bridgehead atoms. The average Bonchev–Trinajstić information content (AvgIpc) is 3.53. The lowest BCUT2D eigenvalue weighted by molar-refractivity contribution is -0.128. The van der Waals surface area contributed by atoms with Gasteiger partial charge in [-0.15, -0.1) is 21.5 Å². The quantitative estimate of drug-likeness (QED) is 0.349. The first-order chi connectivity index (χ1) is 16.7. The smallest absolute Gasteiger partial charge is 0.233 e. The number of carbonyl (C=O) groups is 1. The number of anilines is 1. The Kier molecular flexibility index (Phi) is 6.97. The maximum absolute atomic E-state index is 13.0. The number of thiophene rings is 1. The summed E-state index contributed by atoms with van der Waals surface area (Å²) in [6, 6.07) is 22.9. The number of nitrogens with zero attached hydrogens (tertiary/aromatic N) is 5. The van der Waals surface area contributed by atoms with Crippen molar-refractivity contribution >= 4 is 34.7 Å². The number of aryl methyl sites for hydroxylation is 1. The molecule has 0 spiro atoms. The molecule has 0 unspecified atom stereocenters. The van der Waals surface area contributed by atoms with Gasteiger partial charge in [0.2, 0.25) is 5.91 Å². The third-order valence-corrected chi connectivity index (χ3v) is 7.78. The van der Waals surface area contributed by atoms with Crippen molar-refractivity contribution in [1.29, 1.82) is 0 Å². The number of rotatable bonds is 7. The maximum atomic E-state index is 13.0. The van der Waals surface area contributed by atoms with Crippen LogP contribution in [-0.2, 0) is 11.3 Å². The van der Waals surface area contributed by atoms with Crippen LogP contribution in [0.3, 0.4) is 0 Å². The molecular weight excluding hydrogens is 462 g/mol. The molecule has 0 radical (unpaired) electrons. The average molecular weight is 490 g/mol. The summed E-state index contributed by atoms with van der Waals surface area (Å²) in [7, 11) is 0. The molecule has 1 fully saturated rings. The van der Waals surface area contributed by atoms with Gasteiger partial charge < -0.3 is 9.80 Å². The van der Waals surface area contributed by atoms with Crippen molar-refractivity contribution in [2.45, 2.75) is 18.6 Å². The fourth-order valence-electron chi connectivity index (χ4n) is 4.15. The molecule has 2 aromatic heterocycles. The van der Waals surface area contributed by atoms with E-state index in [0.717, 1.165) is 42.0 Å². The Labute approximate surface area is 208 Å². The van der Waals surface area contributed by atoms with Gasteiger partial charge in [0.15, 0.2) is 11.0 Å².